The molecule has 1 aromatic carbocycles. The number of benzene rings is 1. The van der Waals surface area contributed by atoms with Crippen LogP contribution < -0.4 is 10.5 Å². The van der Waals surface area contributed by atoms with Crippen LogP contribution in [0.5, 0.6) is 5.75 Å². The molecule has 82 valence electrons. The highest BCUT2D eigenvalue weighted by atomic mass is 16.5. The molecule has 1 aliphatic heterocycles. The van der Waals surface area contributed by atoms with Gasteiger partial charge in [0.05, 0.1) is 19.1 Å². The van der Waals surface area contributed by atoms with Gasteiger partial charge in [0, 0.05) is 23.1 Å². The molecular weight excluding hydrogens is 202 g/mol. The van der Waals surface area contributed by atoms with E-state index in [0.717, 1.165) is 11.3 Å². The van der Waals surface area contributed by atoms with Crippen molar-refractivity contribution < 1.29 is 9.15 Å². The lowest BCUT2D eigenvalue weighted by atomic mass is 9.90. The molecule has 2 atom stereocenters. The molecule has 0 amide bonds. The largest absolute Gasteiger partial charge is 0.493 e. The van der Waals surface area contributed by atoms with Crippen LogP contribution in [-0.4, -0.2) is 6.61 Å². The molecule has 3 rings (SSSR count). The van der Waals surface area contributed by atoms with E-state index in [1.807, 2.05) is 24.3 Å². The summed E-state index contributed by atoms with van der Waals surface area (Å²) < 4.78 is 10.7. The van der Waals surface area contributed by atoms with Gasteiger partial charge in [-0.25, -0.2) is 0 Å². The van der Waals surface area contributed by atoms with Gasteiger partial charge in [-0.15, -0.1) is 0 Å². The van der Waals surface area contributed by atoms with Crippen molar-refractivity contribution >= 4 is 0 Å². The van der Waals surface area contributed by atoms with Crippen LogP contribution in [0, 0.1) is 0 Å². The molecule has 0 radical (unpaired) electrons. The molecular formula is C13H13NO2. The number of hydrogen-bond donors (Lipinski definition) is 1. The molecule has 2 N–H and O–H groups in total. The Labute approximate surface area is 93.8 Å². The maximum absolute atomic E-state index is 6.22. The highest BCUT2D eigenvalue weighted by Gasteiger charge is 2.30. The first-order valence-electron chi connectivity index (χ1n) is 5.35. The molecule has 0 aliphatic carbocycles. The zero-order valence-corrected chi connectivity index (χ0v) is 8.80. The number of ether oxygens (including phenoxy) is 1. The predicted molar refractivity (Wildman–Crippen MR) is 60.3 cm³/mol. The van der Waals surface area contributed by atoms with E-state index in [1.54, 1.807) is 12.5 Å². The molecule has 1 aliphatic rings. The molecule has 3 nitrogen and oxygen atoms in total. The van der Waals surface area contributed by atoms with Crippen molar-refractivity contribution in [2.75, 3.05) is 6.61 Å². The number of furan rings is 1. The van der Waals surface area contributed by atoms with Crippen LogP contribution >= 0.6 is 0 Å². The Kier molecular flexibility index (Phi) is 2.18. The highest BCUT2D eigenvalue weighted by molar-refractivity contribution is 5.41. The van der Waals surface area contributed by atoms with Crippen molar-refractivity contribution in [2.24, 2.45) is 5.73 Å². The second-order valence-corrected chi connectivity index (χ2v) is 4.04. The van der Waals surface area contributed by atoms with Gasteiger partial charge < -0.3 is 14.9 Å². The van der Waals surface area contributed by atoms with Crippen LogP contribution in [-0.2, 0) is 0 Å². The minimum absolute atomic E-state index is 0.0672. The summed E-state index contributed by atoms with van der Waals surface area (Å²) in [5, 5.41) is 0. The second kappa shape index (κ2) is 3.68. The first-order valence-corrected chi connectivity index (χ1v) is 5.35. The zero-order chi connectivity index (χ0) is 11.0. The van der Waals surface area contributed by atoms with Crippen molar-refractivity contribution in [2.45, 2.75) is 12.0 Å². The summed E-state index contributed by atoms with van der Waals surface area (Å²) in [6.07, 6.45) is 3.35. The van der Waals surface area contributed by atoms with E-state index in [9.17, 15) is 0 Å². The fourth-order valence-electron chi connectivity index (χ4n) is 2.18. The number of nitrogens with two attached hydrogens (primary N) is 1. The fourth-order valence-corrected chi connectivity index (χ4v) is 2.18. The average molecular weight is 215 g/mol. The minimum Gasteiger partial charge on any atom is -0.493 e. The summed E-state index contributed by atoms with van der Waals surface area (Å²) in [4.78, 5) is 0. The Morgan fingerprint density at radius 3 is 2.94 bits per heavy atom. The summed E-state index contributed by atoms with van der Waals surface area (Å²) in [6, 6.07) is 9.89. The third kappa shape index (κ3) is 1.41. The van der Waals surface area contributed by atoms with E-state index in [0.29, 0.717) is 6.61 Å². The smallest absolute Gasteiger partial charge is 0.122 e. The molecule has 2 unspecified atom stereocenters. The van der Waals surface area contributed by atoms with Gasteiger partial charge in [0.25, 0.3) is 0 Å². The van der Waals surface area contributed by atoms with Crippen molar-refractivity contribution in [3.8, 4) is 5.75 Å². The lowest BCUT2D eigenvalue weighted by molar-refractivity contribution is 0.315. The van der Waals surface area contributed by atoms with E-state index < -0.39 is 0 Å². The number of rotatable bonds is 2. The Morgan fingerprint density at radius 1 is 1.25 bits per heavy atom. The van der Waals surface area contributed by atoms with Crippen molar-refractivity contribution in [1.29, 1.82) is 0 Å². The summed E-state index contributed by atoms with van der Waals surface area (Å²) in [7, 11) is 0. The topological polar surface area (TPSA) is 48.4 Å². The molecule has 0 saturated carbocycles. The molecule has 1 aromatic heterocycles. The second-order valence-electron chi connectivity index (χ2n) is 4.04. The summed E-state index contributed by atoms with van der Waals surface area (Å²) in [5.74, 6) is 1.17. The standard InChI is InChI=1S/C13H13NO2/c14-13(9-5-6-15-7-9)11-8-16-12-4-2-1-3-10(11)12/h1-7,11,13H,8,14H2. The Bertz CT molecular complexity index is 478. The maximum atomic E-state index is 6.22. The SMILES string of the molecule is NC(c1ccoc1)C1COc2ccccc21. The summed E-state index contributed by atoms with van der Waals surface area (Å²) in [5.41, 5.74) is 8.43. The molecule has 16 heavy (non-hydrogen) atoms. The maximum Gasteiger partial charge on any atom is 0.122 e. The normalized spacial score (nSPS) is 20.2. The first-order chi connectivity index (χ1) is 7.86. The Balaban J connectivity index is 1.93. The van der Waals surface area contributed by atoms with Crippen LogP contribution in [0.3, 0.4) is 0 Å². The van der Waals surface area contributed by atoms with Crippen LogP contribution in [0.1, 0.15) is 23.1 Å². The Morgan fingerprint density at radius 2 is 2.12 bits per heavy atom. The first kappa shape index (κ1) is 9.48. The molecule has 2 heterocycles. The molecule has 0 spiro atoms. The lowest BCUT2D eigenvalue weighted by Crippen LogP contribution is -2.20. The lowest BCUT2D eigenvalue weighted by Gasteiger charge is -2.16. The van der Waals surface area contributed by atoms with Gasteiger partial charge in [-0.3, -0.25) is 0 Å². The predicted octanol–water partition coefficient (Wildman–Crippen LogP) is 2.46. The number of para-hydroxylation sites is 1. The van der Waals surface area contributed by atoms with Crippen molar-refractivity contribution in [3.05, 3.63) is 54.0 Å². The van der Waals surface area contributed by atoms with Gasteiger partial charge in [-0.05, 0) is 12.1 Å². The molecule has 0 saturated heterocycles. The molecule has 0 fully saturated rings. The van der Waals surface area contributed by atoms with Gasteiger partial charge in [-0.2, -0.15) is 0 Å². The number of hydrogen-bond acceptors (Lipinski definition) is 3. The average Bonchev–Trinajstić information content (AvgIpc) is 2.98. The number of fused-ring (bicyclic) bond motifs is 1. The van der Waals surface area contributed by atoms with E-state index in [1.165, 1.54) is 5.56 Å². The van der Waals surface area contributed by atoms with Crippen molar-refractivity contribution in [1.82, 2.24) is 0 Å². The monoisotopic (exact) mass is 215 g/mol. The van der Waals surface area contributed by atoms with Crippen LogP contribution in [0.2, 0.25) is 0 Å². The van der Waals surface area contributed by atoms with Crippen LogP contribution in [0.15, 0.2) is 47.3 Å². The van der Waals surface area contributed by atoms with E-state index in [-0.39, 0.29) is 12.0 Å². The van der Waals surface area contributed by atoms with Crippen molar-refractivity contribution in [3.63, 3.8) is 0 Å². The quantitative estimate of drug-likeness (QED) is 0.837. The van der Waals surface area contributed by atoms with Gasteiger partial charge >= 0.3 is 0 Å². The molecule has 3 heteroatoms. The fraction of sp³-hybridized carbons (Fsp3) is 0.231. The molecule has 0 bridgehead atoms. The van der Waals surface area contributed by atoms with Gasteiger partial charge in [0.15, 0.2) is 0 Å². The van der Waals surface area contributed by atoms with E-state index in [2.05, 4.69) is 6.07 Å². The third-order valence-corrected chi connectivity index (χ3v) is 3.10. The summed E-state index contributed by atoms with van der Waals surface area (Å²) >= 11 is 0. The van der Waals surface area contributed by atoms with Gasteiger partial charge in [-0.1, -0.05) is 18.2 Å². The van der Waals surface area contributed by atoms with Crippen LogP contribution in [0.4, 0.5) is 0 Å². The minimum atomic E-state index is -0.0672. The zero-order valence-electron chi connectivity index (χ0n) is 8.80. The van der Waals surface area contributed by atoms with Crippen LogP contribution in [0.25, 0.3) is 0 Å². The Hall–Kier alpha value is -1.74. The van der Waals surface area contributed by atoms with E-state index in [4.69, 9.17) is 14.9 Å². The summed E-state index contributed by atoms with van der Waals surface area (Å²) in [6.45, 7) is 0.645. The van der Waals surface area contributed by atoms with Gasteiger partial charge in [0.1, 0.15) is 5.75 Å². The molecule has 2 aromatic rings. The highest BCUT2D eigenvalue weighted by Crippen LogP contribution is 2.39. The van der Waals surface area contributed by atoms with E-state index >= 15 is 0 Å². The third-order valence-electron chi connectivity index (χ3n) is 3.10. The van der Waals surface area contributed by atoms with Gasteiger partial charge in [0.2, 0.25) is 0 Å².